The van der Waals surface area contributed by atoms with Crippen molar-refractivity contribution in [3.8, 4) is 5.69 Å². The number of alkyl halides is 1. The number of hydrogen-bond donors (Lipinski definition) is 0. The lowest BCUT2D eigenvalue weighted by Crippen LogP contribution is -2.36. The van der Waals surface area contributed by atoms with Crippen LogP contribution in [0.25, 0.3) is 16.6 Å². The summed E-state index contributed by atoms with van der Waals surface area (Å²) in [6, 6.07) is 14.3. The monoisotopic (exact) mass is 447 g/mol. The highest BCUT2D eigenvalue weighted by Crippen LogP contribution is 2.25. The Morgan fingerprint density at radius 3 is 2.52 bits per heavy atom. The molecule has 27 heavy (non-hydrogen) atoms. The Balaban J connectivity index is 2.32. The summed E-state index contributed by atoms with van der Waals surface area (Å²) in [5, 5.41) is 0.533. The normalized spacial score (nSPS) is 12.1. The van der Waals surface area contributed by atoms with Gasteiger partial charge in [-0.1, -0.05) is 35.0 Å². The van der Waals surface area contributed by atoms with Crippen molar-refractivity contribution in [1.82, 2.24) is 14.5 Å². The number of benzene rings is 2. The zero-order valence-corrected chi connectivity index (χ0v) is 17.4. The van der Waals surface area contributed by atoms with Crippen LogP contribution in [0.3, 0.4) is 0 Å². The summed E-state index contributed by atoms with van der Waals surface area (Å²) < 4.78 is 2.50. The minimum absolute atomic E-state index is 0.122. The molecule has 0 aliphatic carbocycles. The molecule has 1 heterocycles. The highest BCUT2D eigenvalue weighted by Gasteiger charge is 2.26. The maximum absolute atomic E-state index is 13.3. The molecular weight excluding hydrogens is 430 g/mol. The highest BCUT2D eigenvalue weighted by atomic mass is 79.9. The van der Waals surface area contributed by atoms with Gasteiger partial charge in [0, 0.05) is 11.5 Å². The Kier molecular flexibility index (Phi) is 5.97. The smallest absolute Gasteiger partial charge is 0.266 e. The van der Waals surface area contributed by atoms with E-state index in [1.54, 1.807) is 22.6 Å². The second-order valence-electron chi connectivity index (χ2n) is 6.17. The van der Waals surface area contributed by atoms with Crippen molar-refractivity contribution in [1.29, 1.82) is 0 Å². The summed E-state index contributed by atoms with van der Waals surface area (Å²) in [5.74, 6) is 0.182. The molecule has 0 aliphatic heterocycles. The number of para-hydroxylation sites is 1. The zero-order chi connectivity index (χ0) is 19.6. The van der Waals surface area contributed by atoms with E-state index in [1.807, 2.05) is 49.4 Å². The average molecular weight is 449 g/mol. The predicted molar refractivity (Wildman–Crippen MR) is 112 cm³/mol. The molecule has 1 unspecified atom stereocenters. The van der Waals surface area contributed by atoms with E-state index in [0.29, 0.717) is 28.8 Å². The third-order valence-electron chi connectivity index (χ3n) is 4.55. The van der Waals surface area contributed by atoms with Gasteiger partial charge < -0.3 is 4.90 Å². The molecule has 7 heteroatoms. The fourth-order valence-corrected chi connectivity index (χ4v) is 3.56. The maximum atomic E-state index is 13.3. The Labute approximate surface area is 170 Å². The fourth-order valence-electron chi connectivity index (χ4n) is 3.11. The van der Waals surface area contributed by atoms with Crippen molar-refractivity contribution in [2.75, 3.05) is 12.9 Å². The van der Waals surface area contributed by atoms with Gasteiger partial charge in [-0.25, -0.2) is 4.98 Å². The minimum atomic E-state index is -0.378. The number of halogens is 2. The van der Waals surface area contributed by atoms with E-state index in [2.05, 4.69) is 15.9 Å². The third kappa shape index (κ3) is 3.77. The van der Waals surface area contributed by atoms with Gasteiger partial charge >= 0.3 is 0 Å². The fraction of sp³-hybridized carbons (Fsp3) is 0.250. The Bertz CT molecular complexity index is 1030. The molecule has 0 fully saturated rings. The summed E-state index contributed by atoms with van der Waals surface area (Å²) in [6.07, 6.45) is 0.598. The molecule has 3 rings (SSSR count). The lowest BCUT2D eigenvalue weighted by molar-refractivity contribution is -0.129. The third-order valence-corrected chi connectivity index (χ3v) is 5.30. The Morgan fingerprint density at radius 2 is 1.89 bits per heavy atom. The molecule has 2 aromatic carbocycles. The van der Waals surface area contributed by atoms with Gasteiger partial charge in [-0.05, 0) is 42.8 Å². The van der Waals surface area contributed by atoms with Crippen LogP contribution >= 0.6 is 27.5 Å². The van der Waals surface area contributed by atoms with Gasteiger partial charge in [-0.2, -0.15) is 0 Å². The molecule has 0 bridgehead atoms. The molecule has 0 aliphatic rings. The molecule has 0 saturated carbocycles. The summed E-state index contributed by atoms with van der Waals surface area (Å²) >= 11 is 9.17. The van der Waals surface area contributed by atoms with E-state index in [0.717, 1.165) is 4.47 Å². The van der Waals surface area contributed by atoms with Gasteiger partial charge in [0.05, 0.1) is 22.6 Å². The first-order chi connectivity index (χ1) is 13.0. The molecule has 1 atom stereocenters. The van der Waals surface area contributed by atoms with Crippen molar-refractivity contribution in [2.45, 2.75) is 19.4 Å². The van der Waals surface area contributed by atoms with Gasteiger partial charge in [-0.15, -0.1) is 11.6 Å². The van der Waals surface area contributed by atoms with E-state index in [9.17, 15) is 9.59 Å². The molecule has 0 radical (unpaired) electrons. The number of amides is 1. The molecule has 0 N–H and O–H groups in total. The molecule has 140 valence electrons. The molecule has 3 aromatic rings. The zero-order valence-electron chi connectivity index (χ0n) is 15.0. The van der Waals surface area contributed by atoms with Crippen molar-refractivity contribution in [3.05, 3.63) is 69.2 Å². The van der Waals surface area contributed by atoms with E-state index in [1.165, 1.54) is 0 Å². The van der Waals surface area contributed by atoms with Crippen LogP contribution in [0, 0.1) is 0 Å². The number of rotatable bonds is 5. The first kappa shape index (κ1) is 19.6. The second-order valence-corrected chi connectivity index (χ2v) is 7.35. The highest BCUT2D eigenvalue weighted by molar-refractivity contribution is 9.10. The summed E-state index contributed by atoms with van der Waals surface area (Å²) in [4.78, 5) is 31.8. The van der Waals surface area contributed by atoms with Gasteiger partial charge in [0.25, 0.3) is 5.56 Å². The number of carbonyl (C=O) groups excluding carboxylic acids is 1. The molecule has 1 aromatic heterocycles. The summed E-state index contributed by atoms with van der Waals surface area (Å²) in [7, 11) is 1.69. The van der Waals surface area contributed by atoms with Gasteiger partial charge in [-0.3, -0.25) is 14.2 Å². The van der Waals surface area contributed by atoms with Crippen LogP contribution < -0.4 is 5.56 Å². The Hall–Kier alpha value is -2.18. The molecular formula is C20H19BrClN3O2. The summed E-state index contributed by atoms with van der Waals surface area (Å²) in [5.41, 5.74) is 1.14. The van der Waals surface area contributed by atoms with Gasteiger partial charge in [0.1, 0.15) is 11.7 Å². The van der Waals surface area contributed by atoms with E-state index in [4.69, 9.17) is 16.6 Å². The van der Waals surface area contributed by atoms with E-state index >= 15 is 0 Å². The molecule has 1 amide bonds. The number of hydrogen-bond acceptors (Lipinski definition) is 3. The number of aromatic nitrogens is 2. The first-order valence-corrected chi connectivity index (χ1v) is 9.90. The number of carbonyl (C=O) groups is 1. The van der Waals surface area contributed by atoms with Crippen molar-refractivity contribution in [3.63, 3.8) is 0 Å². The topological polar surface area (TPSA) is 55.2 Å². The van der Waals surface area contributed by atoms with Crippen molar-refractivity contribution in [2.24, 2.45) is 0 Å². The van der Waals surface area contributed by atoms with Crippen molar-refractivity contribution < 1.29 is 4.79 Å². The van der Waals surface area contributed by atoms with Crippen LogP contribution in [-0.2, 0) is 4.79 Å². The van der Waals surface area contributed by atoms with Crippen LogP contribution in [0.2, 0.25) is 0 Å². The SMILES string of the molecule is CCC(c1nc2ccccc2c(=O)n1-c1ccc(Br)cc1)N(C)C(=O)CCl. The van der Waals surface area contributed by atoms with E-state index < -0.39 is 0 Å². The maximum Gasteiger partial charge on any atom is 0.266 e. The van der Waals surface area contributed by atoms with Crippen LogP contribution in [0.4, 0.5) is 0 Å². The number of fused-ring (bicyclic) bond motifs is 1. The first-order valence-electron chi connectivity index (χ1n) is 8.57. The quantitative estimate of drug-likeness (QED) is 0.547. The van der Waals surface area contributed by atoms with Crippen LogP contribution in [0.1, 0.15) is 25.2 Å². The minimum Gasteiger partial charge on any atom is -0.335 e. The van der Waals surface area contributed by atoms with E-state index in [-0.39, 0.29) is 23.4 Å². The van der Waals surface area contributed by atoms with Crippen LogP contribution in [0.15, 0.2) is 57.8 Å². The van der Waals surface area contributed by atoms with Gasteiger partial charge in [0.2, 0.25) is 5.91 Å². The van der Waals surface area contributed by atoms with Crippen LogP contribution in [0.5, 0.6) is 0 Å². The predicted octanol–water partition coefficient (Wildman–Crippen LogP) is 4.30. The molecule has 5 nitrogen and oxygen atoms in total. The lowest BCUT2D eigenvalue weighted by Gasteiger charge is -2.28. The molecule has 0 saturated heterocycles. The Morgan fingerprint density at radius 1 is 1.22 bits per heavy atom. The van der Waals surface area contributed by atoms with Crippen molar-refractivity contribution >= 4 is 44.3 Å². The standard InChI is InChI=1S/C20H19BrClN3O2/c1-3-17(24(2)18(26)12-22)19-23-16-7-5-4-6-15(16)20(27)25(19)14-10-8-13(21)9-11-14/h4-11,17H,3,12H2,1-2H3. The molecule has 0 spiro atoms. The summed E-state index contributed by atoms with van der Waals surface area (Å²) in [6.45, 7) is 1.95. The van der Waals surface area contributed by atoms with Gasteiger partial charge in [0.15, 0.2) is 0 Å². The average Bonchev–Trinajstić information content (AvgIpc) is 2.69. The number of nitrogens with zero attached hydrogens (tertiary/aromatic N) is 3. The lowest BCUT2D eigenvalue weighted by atomic mass is 10.1. The largest absolute Gasteiger partial charge is 0.335 e. The second kappa shape index (κ2) is 8.23. The van der Waals surface area contributed by atoms with Crippen LogP contribution in [-0.4, -0.2) is 33.3 Å².